The minimum absolute atomic E-state index is 0.315. The monoisotopic (exact) mass is 470 g/mol. The van der Waals surface area contributed by atoms with E-state index in [1.807, 2.05) is 19.1 Å². The summed E-state index contributed by atoms with van der Waals surface area (Å²) in [7, 11) is 2.12. The molecule has 1 aromatic heterocycles. The second kappa shape index (κ2) is 9.72. The summed E-state index contributed by atoms with van der Waals surface area (Å²) in [6, 6.07) is 12.9. The lowest BCUT2D eigenvalue weighted by atomic mass is 10.1. The number of aryl methyl sites for hydroxylation is 1. The van der Waals surface area contributed by atoms with Gasteiger partial charge in [-0.25, -0.2) is 4.98 Å². The van der Waals surface area contributed by atoms with E-state index >= 15 is 0 Å². The van der Waals surface area contributed by atoms with Crippen LogP contribution in [0.5, 0.6) is 5.75 Å². The van der Waals surface area contributed by atoms with Crippen LogP contribution in [-0.4, -0.2) is 55.4 Å². The van der Waals surface area contributed by atoms with Crippen molar-refractivity contribution in [3.63, 3.8) is 0 Å². The van der Waals surface area contributed by atoms with Crippen molar-refractivity contribution < 1.29 is 22.7 Å². The first-order valence-corrected chi connectivity index (χ1v) is 10.9. The maximum Gasteiger partial charge on any atom is 0.573 e. The Morgan fingerprint density at radius 2 is 1.76 bits per heavy atom. The number of amides is 1. The van der Waals surface area contributed by atoms with E-state index in [1.54, 1.807) is 6.07 Å². The molecule has 34 heavy (non-hydrogen) atoms. The molecule has 3 aromatic rings. The highest BCUT2D eigenvalue weighted by Crippen LogP contribution is 2.26. The number of carbonyl (C=O) groups is 1. The van der Waals surface area contributed by atoms with Gasteiger partial charge in [-0.2, -0.15) is 0 Å². The number of halogens is 3. The van der Waals surface area contributed by atoms with Gasteiger partial charge < -0.3 is 19.9 Å². The number of aromatic nitrogens is 1. The Morgan fingerprint density at radius 3 is 2.44 bits per heavy atom. The summed E-state index contributed by atoms with van der Waals surface area (Å²) in [6.45, 7) is 5.91. The van der Waals surface area contributed by atoms with Crippen molar-refractivity contribution in [3.8, 4) is 5.75 Å². The third-order valence-electron chi connectivity index (χ3n) is 5.64. The van der Waals surface area contributed by atoms with E-state index in [-0.39, 0.29) is 11.7 Å². The maximum atomic E-state index is 12.4. The molecule has 178 valence electrons. The molecule has 0 bridgehead atoms. The molecule has 1 aliphatic heterocycles. The van der Waals surface area contributed by atoms with E-state index in [0.717, 1.165) is 48.5 Å². The van der Waals surface area contributed by atoms with Gasteiger partial charge in [-0.1, -0.05) is 12.1 Å². The van der Waals surface area contributed by atoms with Crippen molar-refractivity contribution in [3.05, 3.63) is 65.7 Å². The quantitative estimate of drug-likeness (QED) is 0.541. The molecule has 4 rings (SSSR count). The predicted molar refractivity (Wildman–Crippen MR) is 127 cm³/mol. The fourth-order valence-corrected chi connectivity index (χ4v) is 3.79. The highest BCUT2D eigenvalue weighted by molar-refractivity contribution is 6.03. The third-order valence-corrected chi connectivity index (χ3v) is 5.64. The summed E-state index contributed by atoms with van der Waals surface area (Å²) in [4.78, 5) is 21.7. The Hall–Kier alpha value is -3.59. The highest BCUT2D eigenvalue weighted by Gasteiger charge is 2.30. The first kappa shape index (κ1) is 23.6. The molecule has 1 amide bonds. The molecule has 6 nitrogen and oxygen atoms in total. The van der Waals surface area contributed by atoms with E-state index in [2.05, 4.69) is 33.0 Å². The van der Waals surface area contributed by atoms with E-state index < -0.39 is 6.36 Å². The van der Waals surface area contributed by atoms with Crippen molar-refractivity contribution in [1.82, 2.24) is 9.88 Å². The lowest BCUT2D eigenvalue weighted by Gasteiger charge is -2.33. The normalized spacial score (nSPS) is 15.1. The number of benzene rings is 2. The number of alkyl halides is 3. The van der Waals surface area contributed by atoms with Crippen LogP contribution in [0.3, 0.4) is 0 Å². The van der Waals surface area contributed by atoms with Crippen molar-refractivity contribution in [1.29, 1.82) is 0 Å². The number of rotatable bonds is 5. The van der Waals surface area contributed by atoms with Crippen LogP contribution < -0.4 is 15.0 Å². The molecule has 1 aliphatic rings. The molecule has 0 spiro atoms. The zero-order valence-electron chi connectivity index (χ0n) is 18.9. The molecule has 9 heteroatoms. The molecule has 0 unspecified atom stereocenters. The first-order chi connectivity index (χ1) is 16.2. The third kappa shape index (κ3) is 6.05. The average molecular weight is 470 g/mol. The summed E-state index contributed by atoms with van der Waals surface area (Å²) >= 11 is 0. The minimum atomic E-state index is -4.74. The number of ether oxygens (including phenoxy) is 1. The van der Waals surface area contributed by atoms with Crippen molar-refractivity contribution in [2.24, 2.45) is 0 Å². The summed E-state index contributed by atoms with van der Waals surface area (Å²) in [5.74, 6) is 0.295. The van der Waals surface area contributed by atoms with Gasteiger partial charge in [0.2, 0.25) is 5.91 Å². The summed E-state index contributed by atoms with van der Waals surface area (Å²) in [5, 5.41) is 3.77. The van der Waals surface area contributed by atoms with Crippen LogP contribution in [0, 0.1) is 6.92 Å². The van der Waals surface area contributed by atoms with Gasteiger partial charge in [-0.05, 0) is 67.6 Å². The molecule has 0 radical (unpaired) electrons. The number of pyridine rings is 1. The SMILES string of the molecule is Cc1cc(N2CCN(C)CC2)nc2ccc(NC(=O)/C=C/c3ccc(OC(F)(F)F)cc3)cc12. The summed E-state index contributed by atoms with van der Waals surface area (Å²) in [5.41, 5.74) is 3.14. The molecular weight excluding hydrogens is 445 g/mol. The number of anilines is 2. The topological polar surface area (TPSA) is 57.7 Å². The van der Waals surface area contributed by atoms with Crippen molar-refractivity contribution in [2.45, 2.75) is 13.3 Å². The second-order valence-corrected chi connectivity index (χ2v) is 8.26. The number of likely N-dealkylation sites (N-methyl/N-ethyl adjacent to an activating group) is 1. The molecule has 1 saturated heterocycles. The van der Waals surface area contributed by atoms with Crippen LogP contribution in [0.25, 0.3) is 17.0 Å². The fourth-order valence-electron chi connectivity index (χ4n) is 3.79. The lowest BCUT2D eigenvalue weighted by Crippen LogP contribution is -2.44. The highest BCUT2D eigenvalue weighted by atomic mass is 19.4. The lowest BCUT2D eigenvalue weighted by molar-refractivity contribution is -0.274. The zero-order valence-corrected chi connectivity index (χ0v) is 18.9. The molecule has 0 atom stereocenters. The van der Waals surface area contributed by atoms with E-state index in [1.165, 1.54) is 36.4 Å². The van der Waals surface area contributed by atoms with Gasteiger partial charge in [-0.3, -0.25) is 4.79 Å². The molecule has 1 N–H and O–H groups in total. The van der Waals surface area contributed by atoms with Gasteiger partial charge >= 0.3 is 6.36 Å². The van der Waals surface area contributed by atoms with E-state index in [9.17, 15) is 18.0 Å². The maximum absolute atomic E-state index is 12.4. The summed E-state index contributed by atoms with van der Waals surface area (Å²) < 4.78 is 40.6. The summed E-state index contributed by atoms with van der Waals surface area (Å²) in [6.07, 6.45) is -1.90. The number of hydrogen-bond acceptors (Lipinski definition) is 5. The van der Waals surface area contributed by atoms with E-state index in [4.69, 9.17) is 4.98 Å². The smallest absolute Gasteiger partial charge is 0.406 e. The number of hydrogen-bond donors (Lipinski definition) is 1. The van der Waals surface area contributed by atoms with Crippen molar-refractivity contribution in [2.75, 3.05) is 43.4 Å². The van der Waals surface area contributed by atoms with Crippen LogP contribution in [0.15, 0.2) is 54.6 Å². The fraction of sp³-hybridized carbons (Fsp3) is 0.280. The Bertz CT molecular complexity index is 1200. The van der Waals surface area contributed by atoms with Crippen LogP contribution in [0.4, 0.5) is 24.7 Å². The van der Waals surface area contributed by atoms with E-state index in [0.29, 0.717) is 11.3 Å². The Balaban J connectivity index is 1.42. The van der Waals surface area contributed by atoms with Gasteiger partial charge in [0.05, 0.1) is 5.52 Å². The second-order valence-electron chi connectivity index (χ2n) is 8.26. The number of nitrogens with one attached hydrogen (secondary N) is 1. The van der Waals surface area contributed by atoms with Crippen LogP contribution in [0.2, 0.25) is 0 Å². The van der Waals surface area contributed by atoms with Gasteiger partial charge in [0.1, 0.15) is 11.6 Å². The van der Waals surface area contributed by atoms with Gasteiger partial charge in [-0.15, -0.1) is 13.2 Å². The molecule has 2 heterocycles. The number of carbonyl (C=O) groups excluding carboxylic acids is 1. The number of fused-ring (bicyclic) bond motifs is 1. The van der Waals surface area contributed by atoms with Crippen molar-refractivity contribution >= 4 is 34.4 Å². The Kier molecular flexibility index (Phi) is 6.74. The van der Waals surface area contributed by atoms with Crippen LogP contribution >= 0.6 is 0 Å². The average Bonchev–Trinajstić information content (AvgIpc) is 2.78. The number of piperazine rings is 1. The zero-order chi connectivity index (χ0) is 24.3. The molecule has 1 fully saturated rings. The van der Waals surface area contributed by atoms with Crippen LogP contribution in [-0.2, 0) is 4.79 Å². The largest absolute Gasteiger partial charge is 0.573 e. The Morgan fingerprint density at radius 1 is 1.06 bits per heavy atom. The molecular formula is C25H25F3N4O2. The first-order valence-electron chi connectivity index (χ1n) is 10.9. The van der Waals surface area contributed by atoms with Crippen LogP contribution in [0.1, 0.15) is 11.1 Å². The number of nitrogens with zero attached hydrogens (tertiary/aromatic N) is 3. The molecule has 2 aromatic carbocycles. The van der Waals surface area contributed by atoms with Gasteiger partial charge in [0.15, 0.2) is 0 Å². The van der Waals surface area contributed by atoms with Gasteiger partial charge in [0.25, 0.3) is 0 Å². The predicted octanol–water partition coefficient (Wildman–Crippen LogP) is 4.85. The molecule has 0 aliphatic carbocycles. The minimum Gasteiger partial charge on any atom is -0.406 e. The Labute approximate surface area is 195 Å². The van der Waals surface area contributed by atoms with Gasteiger partial charge in [0, 0.05) is 43.3 Å². The molecule has 0 saturated carbocycles. The standard InChI is InChI=1S/C25H25F3N4O2/c1-17-15-23(32-13-11-31(2)12-14-32)30-22-9-6-19(16-21(17)22)29-24(33)10-5-18-3-7-20(8-4-18)34-25(26,27)28/h3-10,15-16H,11-14H2,1-2H3,(H,29,33)/b10-5+.